The molecule has 1 heterocycles. The lowest BCUT2D eigenvalue weighted by Crippen LogP contribution is -2.54. The Balaban J connectivity index is 2.52. The first-order chi connectivity index (χ1) is 9.14. The van der Waals surface area contributed by atoms with E-state index >= 15 is 0 Å². The normalized spacial score (nSPS) is 24.6. The average molecular weight is 279 g/mol. The van der Waals surface area contributed by atoms with Crippen LogP contribution in [0.2, 0.25) is 5.82 Å². The number of hydrogen-bond acceptors (Lipinski definition) is 2. The molecule has 1 aliphatic rings. The Morgan fingerprint density at radius 1 is 1.05 bits per heavy atom. The molecule has 0 amide bonds. The fourth-order valence-electron chi connectivity index (χ4n) is 2.92. The van der Waals surface area contributed by atoms with Gasteiger partial charge in [-0.3, -0.25) is 0 Å². The molecule has 0 saturated carbocycles. The molecule has 2 rings (SSSR count). The summed E-state index contributed by atoms with van der Waals surface area (Å²) in [6.07, 6.45) is 0.948. The summed E-state index contributed by atoms with van der Waals surface area (Å²) in [5, 5.41) is 0. The van der Waals surface area contributed by atoms with Crippen molar-refractivity contribution in [3.05, 3.63) is 30.1 Å². The standard InChI is InChI=1S/C16H25BFO2/c1-7-12(2)17(13-8-10-14(18)11-9-13)19-15(3,4)16(5,6)20-17/h8-12H,7H2,1-6H3/q-1. The van der Waals surface area contributed by atoms with E-state index in [4.69, 9.17) is 9.31 Å². The fourth-order valence-corrected chi connectivity index (χ4v) is 2.92. The quantitative estimate of drug-likeness (QED) is 0.782. The van der Waals surface area contributed by atoms with Gasteiger partial charge in [0.25, 0.3) is 6.55 Å². The molecule has 0 N–H and O–H groups in total. The number of halogens is 1. The molecular formula is C16H25BFO2-. The van der Waals surface area contributed by atoms with E-state index < -0.39 is 6.55 Å². The summed E-state index contributed by atoms with van der Waals surface area (Å²) < 4.78 is 26.1. The van der Waals surface area contributed by atoms with Crippen LogP contribution in [-0.2, 0) is 9.31 Å². The van der Waals surface area contributed by atoms with E-state index in [0.29, 0.717) is 0 Å². The third-order valence-corrected chi connectivity index (χ3v) is 5.12. The molecule has 1 aromatic rings. The summed E-state index contributed by atoms with van der Waals surface area (Å²) in [6, 6.07) is 6.54. The molecule has 1 fully saturated rings. The Morgan fingerprint density at radius 2 is 1.50 bits per heavy atom. The predicted molar refractivity (Wildman–Crippen MR) is 81.8 cm³/mol. The number of benzene rings is 1. The van der Waals surface area contributed by atoms with Crippen LogP contribution in [0.3, 0.4) is 0 Å². The maximum absolute atomic E-state index is 13.2. The van der Waals surface area contributed by atoms with E-state index in [-0.39, 0.29) is 22.8 Å². The van der Waals surface area contributed by atoms with Gasteiger partial charge in [-0.1, -0.05) is 32.4 Å². The van der Waals surface area contributed by atoms with Crippen molar-refractivity contribution < 1.29 is 13.7 Å². The molecule has 2 nitrogen and oxygen atoms in total. The van der Waals surface area contributed by atoms with E-state index in [1.807, 2.05) is 0 Å². The van der Waals surface area contributed by atoms with E-state index in [1.165, 1.54) is 12.1 Å². The van der Waals surface area contributed by atoms with Crippen LogP contribution in [0.25, 0.3) is 0 Å². The van der Waals surface area contributed by atoms with Gasteiger partial charge in [-0.05, 0) is 39.8 Å². The molecule has 0 aromatic heterocycles. The first kappa shape index (κ1) is 15.5. The van der Waals surface area contributed by atoms with Crippen LogP contribution in [0, 0.1) is 5.82 Å². The van der Waals surface area contributed by atoms with Crippen molar-refractivity contribution in [2.45, 2.75) is 65.0 Å². The first-order valence-corrected chi connectivity index (χ1v) is 7.45. The Morgan fingerprint density at radius 3 is 1.90 bits per heavy atom. The lowest BCUT2D eigenvalue weighted by Gasteiger charge is -2.43. The molecule has 1 saturated heterocycles. The van der Waals surface area contributed by atoms with Crippen molar-refractivity contribution in [3.8, 4) is 0 Å². The molecule has 0 spiro atoms. The third kappa shape index (κ3) is 2.29. The highest BCUT2D eigenvalue weighted by Crippen LogP contribution is 2.46. The highest BCUT2D eigenvalue weighted by Gasteiger charge is 2.53. The smallest absolute Gasteiger partial charge is 0.273 e. The Bertz CT molecular complexity index is 466. The van der Waals surface area contributed by atoms with Crippen LogP contribution in [0.1, 0.15) is 48.0 Å². The summed E-state index contributed by atoms with van der Waals surface area (Å²) in [5.41, 5.74) is 0.176. The van der Waals surface area contributed by atoms with E-state index in [9.17, 15) is 4.39 Å². The molecule has 1 aromatic carbocycles. The van der Waals surface area contributed by atoms with Gasteiger partial charge in [0.1, 0.15) is 5.82 Å². The Labute approximate surface area is 121 Å². The van der Waals surface area contributed by atoms with Gasteiger partial charge >= 0.3 is 0 Å². The third-order valence-electron chi connectivity index (χ3n) is 5.12. The van der Waals surface area contributed by atoms with Crippen LogP contribution in [0.15, 0.2) is 24.3 Å². The molecule has 1 atom stereocenters. The summed E-state index contributed by atoms with van der Waals surface area (Å²) in [7, 11) is 0. The van der Waals surface area contributed by atoms with Crippen LogP contribution >= 0.6 is 0 Å². The molecular weight excluding hydrogens is 254 g/mol. The second-order valence-corrected chi connectivity index (χ2v) is 6.96. The second kappa shape index (κ2) is 4.85. The van der Waals surface area contributed by atoms with Crippen molar-refractivity contribution in [2.75, 3.05) is 0 Å². The minimum atomic E-state index is -1.60. The summed E-state index contributed by atoms with van der Waals surface area (Å²) in [5.74, 6) is 0.00174. The molecule has 1 aliphatic heterocycles. The average Bonchev–Trinajstić information content (AvgIpc) is 2.56. The Kier molecular flexibility index (Phi) is 3.76. The zero-order valence-corrected chi connectivity index (χ0v) is 13.4. The zero-order chi connectivity index (χ0) is 15.2. The highest BCUT2D eigenvalue weighted by atomic mass is 19.1. The maximum atomic E-state index is 13.2. The zero-order valence-electron chi connectivity index (χ0n) is 13.4. The molecule has 1 unspecified atom stereocenters. The maximum Gasteiger partial charge on any atom is 0.273 e. The Hall–Kier alpha value is -0.865. The van der Waals surface area contributed by atoms with Crippen LogP contribution in [-0.4, -0.2) is 17.8 Å². The summed E-state index contributed by atoms with van der Waals surface area (Å²) in [4.78, 5) is 0. The molecule has 0 radical (unpaired) electrons. The molecule has 0 bridgehead atoms. The lowest BCUT2D eigenvalue weighted by atomic mass is 9.42. The van der Waals surface area contributed by atoms with Gasteiger partial charge in [0.15, 0.2) is 0 Å². The van der Waals surface area contributed by atoms with Crippen LogP contribution in [0.5, 0.6) is 0 Å². The monoisotopic (exact) mass is 279 g/mol. The van der Waals surface area contributed by atoms with Gasteiger partial charge in [0, 0.05) is 11.2 Å². The van der Waals surface area contributed by atoms with Crippen molar-refractivity contribution in [1.29, 1.82) is 0 Å². The van der Waals surface area contributed by atoms with E-state index in [1.54, 1.807) is 12.1 Å². The first-order valence-electron chi connectivity index (χ1n) is 7.45. The fraction of sp³-hybridized carbons (Fsp3) is 0.625. The van der Waals surface area contributed by atoms with Crippen molar-refractivity contribution in [3.63, 3.8) is 0 Å². The summed E-state index contributed by atoms with van der Waals surface area (Å²) >= 11 is 0. The highest BCUT2D eigenvalue weighted by molar-refractivity contribution is 6.83. The van der Waals surface area contributed by atoms with Crippen molar-refractivity contribution in [2.24, 2.45) is 0 Å². The van der Waals surface area contributed by atoms with Crippen molar-refractivity contribution >= 4 is 12.0 Å². The topological polar surface area (TPSA) is 18.5 Å². The predicted octanol–water partition coefficient (Wildman–Crippen LogP) is 3.88. The molecule has 0 aliphatic carbocycles. The second-order valence-electron chi connectivity index (χ2n) is 6.96. The van der Waals surface area contributed by atoms with Gasteiger partial charge in [-0.25, -0.2) is 4.39 Å². The van der Waals surface area contributed by atoms with Gasteiger partial charge in [0.05, 0.1) is 0 Å². The van der Waals surface area contributed by atoms with Gasteiger partial charge in [0.2, 0.25) is 0 Å². The molecule has 4 heteroatoms. The van der Waals surface area contributed by atoms with Gasteiger partial charge < -0.3 is 9.31 Å². The number of hydrogen-bond donors (Lipinski definition) is 0. The van der Waals surface area contributed by atoms with Crippen LogP contribution in [0.4, 0.5) is 4.39 Å². The van der Waals surface area contributed by atoms with Gasteiger partial charge in [-0.2, -0.15) is 5.46 Å². The minimum absolute atomic E-state index is 0.236. The SMILES string of the molecule is CCC(C)[B-]1(c2ccc(F)cc2)OC(C)(C)C(C)(C)O1. The number of rotatable bonds is 3. The van der Waals surface area contributed by atoms with Gasteiger partial charge in [-0.15, -0.1) is 5.82 Å². The minimum Gasteiger partial charge on any atom is -0.558 e. The van der Waals surface area contributed by atoms with Crippen molar-refractivity contribution in [1.82, 2.24) is 0 Å². The molecule has 112 valence electrons. The van der Waals surface area contributed by atoms with E-state index in [0.717, 1.165) is 11.9 Å². The largest absolute Gasteiger partial charge is 0.558 e. The van der Waals surface area contributed by atoms with Crippen LogP contribution < -0.4 is 5.46 Å². The molecule has 20 heavy (non-hydrogen) atoms. The van der Waals surface area contributed by atoms with E-state index in [2.05, 4.69) is 41.5 Å². The lowest BCUT2D eigenvalue weighted by molar-refractivity contribution is 0.00578. The summed E-state index contributed by atoms with van der Waals surface area (Å²) in [6.45, 7) is 10.9.